The van der Waals surface area contributed by atoms with Crippen LogP contribution in [0.2, 0.25) is 0 Å². The van der Waals surface area contributed by atoms with Crippen molar-refractivity contribution in [1.82, 2.24) is 0 Å². The summed E-state index contributed by atoms with van der Waals surface area (Å²) in [4.78, 5) is 11.8. The Hall–Kier alpha value is -1.09. The van der Waals surface area contributed by atoms with E-state index in [1.807, 2.05) is 0 Å². The van der Waals surface area contributed by atoms with Crippen LogP contribution < -0.4 is 0 Å². The van der Waals surface area contributed by atoms with Gasteiger partial charge < -0.3 is 9.52 Å². The number of carbonyl (C=O) groups is 1. The standard InChI is InChI=1S/C15H24O3/c1-11(2)8-14(16)9-12(3)4-5-15(17)13-6-7-18-10-13/h6-7,10-12,14,16H,4-5,8-9H2,1-3H3/t12-,14+/m1/s1. The van der Waals surface area contributed by atoms with Gasteiger partial charge in [-0.15, -0.1) is 0 Å². The Morgan fingerprint density at radius 2 is 2.06 bits per heavy atom. The fourth-order valence-electron chi connectivity index (χ4n) is 2.17. The zero-order valence-corrected chi connectivity index (χ0v) is 11.6. The smallest absolute Gasteiger partial charge is 0.166 e. The summed E-state index contributed by atoms with van der Waals surface area (Å²) in [7, 11) is 0. The second-order valence-corrected chi connectivity index (χ2v) is 5.60. The Morgan fingerprint density at radius 1 is 1.33 bits per heavy atom. The average Bonchev–Trinajstić information content (AvgIpc) is 2.77. The molecule has 18 heavy (non-hydrogen) atoms. The van der Waals surface area contributed by atoms with E-state index < -0.39 is 0 Å². The van der Waals surface area contributed by atoms with Crippen molar-refractivity contribution in [2.24, 2.45) is 11.8 Å². The van der Waals surface area contributed by atoms with Crippen molar-refractivity contribution in [3.8, 4) is 0 Å². The molecule has 3 nitrogen and oxygen atoms in total. The third-order valence-electron chi connectivity index (χ3n) is 3.13. The van der Waals surface area contributed by atoms with Gasteiger partial charge in [0.1, 0.15) is 6.26 Å². The first kappa shape index (κ1) is 15.0. The highest BCUT2D eigenvalue weighted by Gasteiger charge is 2.14. The lowest BCUT2D eigenvalue weighted by Gasteiger charge is -2.17. The van der Waals surface area contributed by atoms with Gasteiger partial charge >= 0.3 is 0 Å². The molecule has 2 atom stereocenters. The maximum Gasteiger partial charge on any atom is 0.166 e. The highest BCUT2D eigenvalue weighted by molar-refractivity contribution is 5.95. The molecule has 0 aliphatic carbocycles. The molecule has 0 aromatic carbocycles. The van der Waals surface area contributed by atoms with Gasteiger partial charge in [-0.3, -0.25) is 4.79 Å². The molecule has 0 aliphatic rings. The van der Waals surface area contributed by atoms with Crippen LogP contribution in [-0.2, 0) is 0 Å². The molecule has 1 heterocycles. The predicted molar refractivity (Wildman–Crippen MR) is 71.5 cm³/mol. The van der Waals surface area contributed by atoms with E-state index in [2.05, 4.69) is 20.8 Å². The molecule has 0 bridgehead atoms. The second kappa shape index (κ2) is 7.37. The van der Waals surface area contributed by atoms with E-state index in [0.717, 1.165) is 19.3 Å². The fourth-order valence-corrected chi connectivity index (χ4v) is 2.17. The number of rotatable bonds is 8. The maximum atomic E-state index is 11.8. The van der Waals surface area contributed by atoms with Crippen molar-refractivity contribution in [2.45, 2.75) is 52.6 Å². The first-order valence-corrected chi connectivity index (χ1v) is 6.72. The Bertz CT molecular complexity index is 341. The summed E-state index contributed by atoms with van der Waals surface area (Å²) in [5.74, 6) is 1.00. The van der Waals surface area contributed by atoms with Crippen molar-refractivity contribution < 1.29 is 14.3 Å². The van der Waals surface area contributed by atoms with E-state index in [9.17, 15) is 9.90 Å². The number of furan rings is 1. The van der Waals surface area contributed by atoms with Crippen molar-refractivity contribution in [2.75, 3.05) is 0 Å². The van der Waals surface area contributed by atoms with Crippen LogP contribution in [0.3, 0.4) is 0 Å². The van der Waals surface area contributed by atoms with E-state index in [0.29, 0.717) is 23.8 Å². The first-order valence-electron chi connectivity index (χ1n) is 6.72. The molecular formula is C15H24O3. The van der Waals surface area contributed by atoms with Crippen molar-refractivity contribution in [3.63, 3.8) is 0 Å². The second-order valence-electron chi connectivity index (χ2n) is 5.60. The number of carbonyl (C=O) groups excluding carboxylic acids is 1. The highest BCUT2D eigenvalue weighted by atomic mass is 16.3. The lowest BCUT2D eigenvalue weighted by atomic mass is 9.92. The minimum Gasteiger partial charge on any atom is -0.472 e. The maximum absolute atomic E-state index is 11.8. The van der Waals surface area contributed by atoms with Gasteiger partial charge in [0, 0.05) is 6.42 Å². The van der Waals surface area contributed by atoms with Crippen LogP contribution in [0.5, 0.6) is 0 Å². The van der Waals surface area contributed by atoms with Crippen LogP contribution in [-0.4, -0.2) is 17.0 Å². The minimum atomic E-state index is -0.246. The largest absolute Gasteiger partial charge is 0.472 e. The normalized spacial score (nSPS) is 14.7. The number of hydrogen-bond donors (Lipinski definition) is 1. The molecule has 0 fully saturated rings. The molecule has 0 saturated heterocycles. The van der Waals surface area contributed by atoms with Gasteiger partial charge in [-0.2, -0.15) is 0 Å². The molecule has 0 aliphatic heterocycles. The molecule has 1 aromatic heterocycles. The number of Topliss-reactive ketones (excluding diaryl/α,β-unsaturated/α-hetero) is 1. The minimum absolute atomic E-state index is 0.119. The fraction of sp³-hybridized carbons (Fsp3) is 0.667. The Balaban J connectivity index is 2.24. The summed E-state index contributed by atoms with van der Waals surface area (Å²) in [6.07, 6.45) is 5.71. The number of ketones is 1. The molecule has 0 spiro atoms. The average molecular weight is 252 g/mol. The van der Waals surface area contributed by atoms with E-state index in [-0.39, 0.29) is 11.9 Å². The number of aliphatic hydroxyl groups excluding tert-OH is 1. The van der Waals surface area contributed by atoms with E-state index >= 15 is 0 Å². The van der Waals surface area contributed by atoms with E-state index in [4.69, 9.17) is 4.42 Å². The third kappa shape index (κ3) is 5.50. The lowest BCUT2D eigenvalue weighted by Crippen LogP contribution is -2.15. The van der Waals surface area contributed by atoms with Crippen LogP contribution in [0.1, 0.15) is 56.8 Å². The Labute approximate surface area is 109 Å². The zero-order chi connectivity index (χ0) is 13.5. The zero-order valence-electron chi connectivity index (χ0n) is 11.6. The molecule has 0 saturated carbocycles. The van der Waals surface area contributed by atoms with Gasteiger partial charge in [0.2, 0.25) is 0 Å². The molecule has 3 heteroatoms. The summed E-state index contributed by atoms with van der Waals surface area (Å²) in [6, 6.07) is 1.70. The quantitative estimate of drug-likeness (QED) is 0.718. The van der Waals surface area contributed by atoms with Gasteiger partial charge in [-0.25, -0.2) is 0 Å². The molecule has 102 valence electrons. The van der Waals surface area contributed by atoms with Crippen LogP contribution in [0.15, 0.2) is 23.0 Å². The van der Waals surface area contributed by atoms with Crippen LogP contribution >= 0.6 is 0 Å². The van der Waals surface area contributed by atoms with Crippen molar-refractivity contribution in [3.05, 3.63) is 24.2 Å². The van der Waals surface area contributed by atoms with Gasteiger partial charge in [0.05, 0.1) is 17.9 Å². The van der Waals surface area contributed by atoms with Crippen LogP contribution in [0, 0.1) is 11.8 Å². The van der Waals surface area contributed by atoms with Crippen LogP contribution in [0.25, 0.3) is 0 Å². The predicted octanol–water partition coefficient (Wildman–Crippen LogP) is 3.68. The topological polar surface area (TPSA) is 50.4 Å². The summed E-state index contributed by atoms with van der Waals surface area (Å²) < 4.78 is 4.89. The van der Waals surface area contributed by atoms with Crippen molar-refractivity contribution >= 4 is 5.78 Å². The lowest BCUT2D eigenvalue weighted by molar-refractivity contribution is 0.0951. The highest BCUT2D eigenvalue weighted by Crippen LogP contribution is 2.18. The van der Waals surface area contributed by atoms with Gasteiger partial charge in [0.15, 0.2) is 5.78 Å². The third-order valence-corrected chi connectivity index (χ3v) is 3.13. The Kier molecular flexibility index (Phi) is 6.13. The molecular weight excluding hydrogens is 228 g/mol. The van der Waals surface area contributed by atoms with Gasteiger partial charge in [0.25, 0.3) is 0 Å². The molecule has 0 amide bonds. The molecule has 1 rings (SSSR count). The number of hydrogen-bond acceptors (Lipinski definition) is 3. The molecule has 0 radical (unpaired) electrons. The van der Waals surface area contributed by atoms with Gasteiger partial charge in [-0.1, -0.05) is 20.8 Å². The summed E-state index contributed by atoms with van der Waals surface area (Å²) in [5, 5.41) is 9.84. The first-order chi connectivity index (χ1) is 8.49. The monoisotopic (exact) mass is 252 g/mol. The summed E-state index contributed by atoms with van der Waals surface area (Å²) >= 11 is 0. The molecule has 1 N–H and O–H groups in total. The SMILES string of the molecule is CC(C)C[C@H](O)C[C@H](C)CCC(=O)c1ccoc1. The number of aliphatic hydroxyl groups is 1. The van der Waals surface area contributed by atoms with E-state index in [1.54, 1.807) is 6.07 Å². The van der Waals surface area contributed by atoms with E-state index in [1.165, 1.54) is 12.5 Å². The molecule has 1 aromatic rings. The molecule has 0 unspecified atom stereocenters. The van der Waals surface area contributed by atoms with Crippen molar-refractivity contribution in [1.29, 1.82) is 0 Å². The van der Waals surface area contributed by atoms with Gasteiger partial charge in [-0.05, 0) is 37.2 Å². The summed E-state index contributed by atoms with van der Waals surface area (Å²) in [6.45, 7) is 6.30. The summed E-state index contributed by atoms with van der Waals surface area (Å²) in [5.41, 5.74) is 0.643. The van der Waals surface area contributed by atoms with Crippen LogP contribution in [0.4, 0.5) is 0 Å². The Morgan fingerprint density at radius 3 is 2.61 bits per heavy atom.